The third kappa shape index (κ3) is 3.26. The van der Waals surface area contributed by atoms with Gasteiger partial charge in [0.1, 0.15) is 18.0 Å². The number of hydrogen-bond acceptors (Lipinski definition) is 3. The zero-order chi connectivity index (χ0) is 21.5. The van der Waals surface area contributed by atoms with Crippen molar-refractivity contribution in [2.75, 3.05) is 13.7 Å². The van der Waals surface area contributed by atoms with Crippen molar-refractivity contribution in [2.45, 2.75) is 37.8 Å². The molecule has 2 aromatic carbocycles. The molecule has 3 aromatic rings. The molecule has 1 atom stereocenters. The smallest absolute Gasteiger partial charge is 0.272 e. The highest BCUT2D eigenvalue weighted by Crippen LogP contribution is 2.44. The number of aryl methyl sites for hydroxylation is 1. The van der Waals surface area contributed by atoms with Crippen molar-refractivity contribution in [1.29, 1.82) is 0 Å². The summed E-state index contributed by atoms with van der Waals surface area (Å²) in [7, 11) is 3.56. The van der Waals surface area contributed by atoms with Crippen LogP contribution in [0, 0.1) is 0 Å². The Morgan fingerprint density at radius 2 is 1.81 bits per heavy atom. The molecular formula is C25H27N3O3. The minimum atomic E-state index is -0.311. The number of aromatic nitrogens is 1. The Morgan fingerprint density at radius 3 is 2.52 bits per heavy atom. The summed E-state index contributed by atoms with van der Waals surface area (Å²) in [6, 6.07) is 15.8. The standard InChI is InChI=1S/C25H27N3O3/c1-27-20-10-6-5-9-19(20)22-23(16-11-13-18(31-2)14-12-16)28(25(30)24(22)27)15-21(29)26-17-7-3-4-8-17/h5-6,9-14,17,23H,3-4,7-8,15H2,1-2H3,(H,26,29). The zero-order valence-corrected chi connectivity index (χ0v) is 17.9. The van der Waals surface area contributed by atoms with E-state index in [0.29, 0.717) is 5.69 Å². The van der Waals surface area contributed by atoms with Crippen LogP contribution in [0.25, 0.3) is 10.9 Å². The first-order valence-electron chi connectivity index (χ1n) is 10.9. The van der Waals surface area contributed by atoms with Crippen LogP contribution in [-0.4, -0.2) is 41.0 Å². The largest absolute Gasteiger partial charge is 0.497 e. The highest BCUT2D eigenvalue weighted by atomic mass is 16.5. The molecule has 1 N–H and O–H groups in total. The first-order chi connectivity index (χ1) is 15.1. The van der Waals surface area contributed by atoms with E-state index in [1.165, 1.54) is 0 Å². The van der Waals surface area contributed by atoms with Gasteiger partial charge >= 0.3 is 0 Å². The molecule has 2 amide bonds. The number of nitrogens with one attached hydrogen (secondary N) is 1. The maximum atomic E-state index is 13.6. The van der Waals surface area contributed by atoms with Crippen LogP contribution < -0.4 is 10.1 Å². The predicted octanol–water partition coefficient (Wildman–Crippen LogP) is 3.79. The van der Waals surface area contributed by atoms with E-state index in [1.807, 2.05) is 54.1 Å². The van der Waals surface area contributed by atoms with E-state index in [0.717, 1.165) is 53.5 Å². The van der Waals surface area contributed by atoms with E-state index >= 15 is 0 Å². The van der Waals surface area contributed by atoms with E-state index in [2.05, 4.69) is 11.4 Å². The molecule has 1 aliphatic carbocycles. The summed E-state index contributed by atoms with van der Waals surface area (Å²) >= 11 is 0. The van der Waals surface area contributed by atoms with Crippen LogP contribution in [0.2, 0.25) is 0 Å². The topological polar surface area (TPSA) is 63.6 Å². The average molecular weight is 418 g/mol. The van der Waals surface area contributed by atoms with Gasteiger partial charge in [-0.15, -0.1) is 0 Å². The van der Waals surface area contributed by atoms with E-state index in [9.17, 15) is 9.59 Å². The molecule has 1 aromatic heterocycles. The molecule has 1 fully saturated rings. The maximum Gasteiger partial charge on any atom is 0.272 e. The number of para-hydroxylation sites is 1. The number of carbonyl (C=O) groups is 2. The number of methoxy groups -OCH3 is 1. The Labute approximate surface area is 181 Å². The minimum Gasteiger partial charge on any atom is -0.497 e. The molecule has 160 valence electrons. The Bertz CT molecular complexity index is 1140. The molecule has 6 nitrogen and oxygen atoms in total. The Morgan fingerprint density at radius 1 is 1.10 bits per heavy atom. The van der Waals surface area contributed by atoms with E-state index < -0.39 is 0 Å². The maximum absolute atomic E-state index is 13.6. The van der Waals surface area contributed by atoms with Crippen LogP contribution in [-0.2, 0) is 11.8 Å². The third-order valence-corrected chi connectivity index (χ3v) is 6.66. The molecule has 6 heteroatoms. The lowest BCUT2D eigenvalue weighted by Crippen LogP contribution is -2.43. The number of rotatable bonds is 5. The van der Waals surface area contributed by atoms with Crippen LogP contribution in [0.4, 0.5) is 0 Å². The number of hydrogen-bond donors (Lipinski definition) is 1. The summed E-state index contributed by atoms with van der Waals surface area (Å²) in [6.07, 6.45) is 4.35. The molecule has 5 rings (SSSR count). The second-order valence-corrected chi connectivity index (χ2v) is 8.50. The summed E-state index contributed by atoms with van der Waals surface area (Å²) in [5.41, 5.74) is 3.63. The van der Waals surface area contributed by atoms with Crippen LogP contribution in [0.15, 0.2) is 48.5 Å². The highest BCUT2D eigenvalue weighted by Gasteiger charge is 2.42. The van der Waals surface area contributed by atoms with E-state index in [4.69, 9.17) is 4.74 Å². The minimum absolute atomic E-state index is 0.0506. The molecule has 1 unspecified atom stereocenters. The second-order valence-electron chi connectivity index (χ2n) is 8.50. The molecule has 31 heavy (non-hydrogen) atoms. The molecule has 1 aliphatic heterocycles. The van der Waals surface area contributed by atoms with Gasteiger partial charge in [-0.1, -0.05) is 43.2 Å². The van der Waals surface area contributed by atoms with Crippen LogP contribution >= 0.6 is 0 Å². The van der Waals surface area contributed by atoms with Gasteiger partial charge < -0.3 is 19.5 Å². The van der Waals surface area contributed by atoms with Crippen molar-refractivity contribution in [3.8, 4) is 5.75 Å². The molecule has 0 radical (unpaired) electrons. The highest BCUT2D eigenvalue weighted by molar-refractivity contribution is 6.07. The number of carbonyl (C=O) groups excluding carboxylic acids is 2. The fourth-order valence-electron chi connectivity index (χ4n) is 5.16. The summed E-state index contributed by atoms with van der Waals surface area (Å²) in [6.45, 7) is 0.0506. The second kappa shape index (κ2) is 7.76. The molecule has 2 heterocycles. The van der Waals surface area contributed by atoms with Gasteiger partial charge in [0, 0.05) is 29.6 Å². The first-order valence-corrected chi connectivity index (χ1v) is 10.9. The first kappa shape index (κ1) is 19.7. The third-order valence-electron chi connectivity index (χ3n) is 6.66. The van der Waals surface area contributed by atoms with Crippen molar-refractivity contribution in [3.05, 3.63) is 65.4 Å². The van der Waals surface area contributed by atoms with Gasteiger partial charge in [-0.05, 0) is 36.6 Å². The van der Waals surface area contributed by atoms with Crippen molar-refractivity contribution >= 4 is 22.7 Å². The molecule has 1 saturated carbocycles. The van der Waals surface area contributed by atoms with Gasteiger partial charge in [-0.3, -0.25) is 9.59 Å². The quantitative estimate of drug-likeness (QED) is 0.687. The summed E-state index contributed by atoms with van der Waals surface area (Å²) in [5.74, 6) is 0.573. The number of benzene rings is 2. The van der Waals surface area contributed by atoms with Gasteiger partial charge in [-0.2, -0.15) is 0 Å². The van der Waals surface area contributed by atoms with Gasteiger partial charge in [0.25, 0.3) is 5.91 Å². The SMILES string of the molecule is COc1ccc(C2c3c(n(C)c4ccccc34)C(=O)N2CC(=O)NC2CCCC2)cc1. The van der Waals surface area contributed by atoms with Crippen molar-refractivity contribution in [1.82, 2.24) is 14.8 Å². The lowest BCUT2D eigenvalue weighted by atomic mass is 9.98. The fraction of sp³-hybridized carbons (Fsp3) is 0.360. The molecule has 0 saturated heterocycles. The van der Waals surface area contributed by atoms with Crippen LogP contribution in [0.1, 0.15) is 53.3 Å². The number of fused-ring (bicyclic) bond motifs is 3. The molecular weight excluding hydrogens is 390 g/mol. The van der Waals surface area contributed by atoms with Gasteiger partial charge in [-0.25, -0.2) is 0 Å². The van der Waals surface area contributed by atoms with Gasteiger partial charge in [0.15, 0.2) is 0 Å². The van der Waals surface area contributed by atoms with Crippen molar-refractivity contribution in [3.63, 3.8) is 0 Å². The Hall–Kier alpha value is -3.28. The molecule has 0 bridgehead atoms. The Kier molecular flexibility index (Phi) is 4.93. The number of ether oxygens (including phenoxy) is 1. The van der Waals surface area contributed by atoms with Crippen LogP contribution in [0.5, 0.6) is 5.75 Å². The Balaban J connectivity index is 1.56. The predicted molar refractivity (Wildman–Crippen MR) is 119 cm³/mol. The van der Waals surface area contributed by atoms with Gasteiger partial charge in [0.2, 0.25) is 5.91 Å². The van der Waals surface area contributed by atoms with E-state index in [1.54, 1.807) is 12.0 Å². The van der Waals surface area contributed by atoms with Crippen molar-refractivity contribution < 1.29 is 14.3 Å². The molecule has 0 spiro atoms. The monoisotopic (exact) mass is 417 g/mol. The van der Waals surface area contributed by atoms with Crippen LogP contribution in [0.3, 0.4) is 0 Å². The average Bonchev–Trinajstić information content (AvgIpc) is 3.47. The number of amides is 2. The lowest BCUT2D eigenvalue weighted by Gasteiger charge is -2.26. The summed E-state index contributed by atoms with van der Waals surface area (Å²) in [4.78, 5) is 28.1. The lowest BCUT2D eigenvalue weighted by molar-refractivity contribution is -0.122. The summed E-state index contributed by atoms with van der Waals surface area (Å²) < 4.78 is 7.27. The summed E-state index contributed by atoms with van der Waals surface area (Å²) in [5, 5.41) is 4.18. The van der Waals surface area contributed by atoms with Crippen molar-refractivity contribution in [2.24, 2.45) is 7.05 Å². The van der Waals surface area contributed by atoms with Gasteiger partial charge in [0.05, 0.1) is 13.2 Å². The zero-order valence-electron chi connectivity index (χ0n) is 17.9. The molecule has 2 aliphatic rings. The number of nitrogens with zero attached hydrogens (tertiary/aromatic N) is 2. The fourth-order valence-corrected chi connectivity index (χ4v) is 5.16. The van der Waals surface area contributed by atoms with E-state index in [-0.39, 0.29) is 30.4 Å². The normalized spacial score (nSPS) is 18.6.